The second-order valence-electron chi connectivity index (χ2n) is 6.35. The third-order valence-corrected chi connectivity index (χ3v) is 6.56. The third kappa shape index (κ3) is 2.87. The zero-order chi connectivity index (χ0) is 18.3. The van der Waals surface area contributed by atoms with Gasteiger partial charge in [0.1, 0.15) is 0 Å². The summed E-state index contributed by atoms with van der Waals surface area (Å²) >= 11 is 6.18. The van der Waals surface area contributed by atoms with Crippen LogP contribution in [0.5, 0.6) is 0 Å². The number of nitrogens with one attached hydrogen (secondary N) is 1. The molecule has 3 aromatic carbocycles. The van der Waals surface area contributed by atoms with Crippen LogP contribution in [-0.4, -0.2) is 14.3 Å². The second-order valence-corrected chi connectivity index (χ2v) is 8.40. The molecule has 1 N–H and O–H groups in total. The van der Waals surface area contributed by atoms with Crippen molar-refractivity contribution in [3.05, 3.63) is 76.8 Å². The Kier molecular flexibility index (Phi) is 4.21. The highest BCUT2D eigenvalue weighted by atomic mass is 35.5. The van der Waals surface area contributed by atoms with Crippen LogP contribution in [0.3, 0.4) is 0 Å². The van der Waals surface area contributed by atoms with Crippen LogP contribution >= 0.6 is 11.6 Å². The van der Waals surface area contributed by atoms with Crippen LogP contribution in [0.2, 0.25) is 5.02 Å². The number of rotatable bonds is 3. The van der Waals surface area contributed by atoms with Crippen LogP contribution in [0, 0.1) is 0 Å². The van der Waals surface area contributed by atoms with Crippen molar-refractivity contribution in [1.82, 2.24) is 4.72 Å². The van der Waals surface area contributed by atoms with E-state index in [1.165, 1.54) is 6.07 Å². The number of hydrogen-bond acceptors (Lipinski definition) is 3. The van der Waals surface area contributed by atoms with Crippen LogP contribution < -0.4 is 4.72 Å². The Balaban J connectivity index is 1.67. The summed E-state index contributed by atoms with van der Waals surface area (Å²) in [6, 6.07) is 17.6. The zero-order valence-electron chi connectivity index (χ0n) is 13.8. The molecular formula is C20H16ClNO3S. The number of carbonyl (C=O) groups is 1. The minimum Gasteiger partial charge on any atom is -0.273 e. The predicted octanol–water partition coefficient (Wildman–Crippen LogP) is 4.03. The largest absolute Gasteiger partial charge is 0.273 e. The maximum atomic E-state index is 12.8. The number of fused-ring (bicyclic) bond motifs is 2. The van der Waals surface area contributed by atoms with Crippen molar-refractivity contribution >= 4 is 38.3 Å². The molecule has 0 bridgehead atoms. The molecule has 0 fully saturated rings. The fourth-order valence-corrected chi connectivity index (χ4v) is 5.10. The molecule has 1 aliphatic carbocycles. The van der Waals surface area contributed by atoms with E-state index in [-0.39, 0.29) is 4.90 Å². The summed E-state index contributed by atoms with van der Waals surface area (Å²) in [6.07, 6.45) is 1.22. The molecule has 6 heteroatoms. The number of hydrogen-bond donors (Lipinski definition) is 1. The maximum absolute atomic E-state index is 12.8. The van der Waals surface area contributed by atoms with Gasteiger partial charge in [-0.05, 0) is 41.5 Å². The van der Waals surface area contributed by atoms with Gasteiger partial charge in [0.15, 0.2) is 0 Å². The molecule has 1 aliphatic rings. The molecule has 4 rings (SSSR count). The Morgan fingerprint density at radius 3 is 2.58 bits per heavy atom. The number of halogens is 1. The lowest BCUT2D eigenvalue weighted by Crippen LogP contribution is -2.34. The van der Waals surface area contributed by atoms with E-state index >= 15 is 0 Å². The molecule has 0 aromatic heterocycles. The van der Waals surface area contributed by atoms with E-state index in [2.05, 4.69) is 4.72 Å². The Morgan fingerprint density at radius 1 is 1.00 bits per heavy atom. The molecule has 0 heterocycles. The Bertz CT molecular complexity index is 1120. The van der Waals surface area contributed by atoms with Gasteiger partial charge in [0.2, 0.25) is 5.91 Å². The van der Waals surface area contributed by atoms with Crippen LogP contribution in [0.25, 0.3) is 10.8 Å². The minimum atomic E-state index is -3.97. The molecule has 0 aliphatic heterocycles. The summed E-state index contributed by atoms with van der Waals surface area (Å²) in [4.78, 5) is 12.8. The van der Waals surface area contributed by atoms with E-state index in [0.717, 1.165) is 16.5 Å². The van der Waals surface area contributed by atoms with Crippen molar-refractivity contribution in [2.45, 2.75) is 23.7 Å². The molecule has 1 amide bonds. The average molecular weight is 386 g/mol. The quantitative estimate of drug-likeness (QED) is 0.740. The van der Waals surface area contributed by atoms with Gasteiger partial charge in [0.05, 0.1) is 10.8 Å². The molecule has 3 aromatic rings. The van der Waals surface area contributed by atoms with Gasteiger partial charge in [-0.1, -0.05) is 60.1 Å². The maximum Gasteiger partial charge on any atom is 0.264 e. The fourth-order valence-electron chi connectivity index (χ4n) is 3.57. The minimum absolute atomic E-state index is 0.105. The Hall–Kier alpha value is -2.37. The lowest BCUT2D eigenvalue weighted by atomic mass is 10.0. The molecular weight excluding hydrogens is 370 g/mol. The van der Waals surface area contributed by atoms with E-state index in [1.54, 1.807) is 30.3 Å². The van der Waals surface area contributed by atoms with E-state index in [9.17, 15) is 13.2 Å². The summed E-state index contributed by atoms with van der Waals surface area (Å²) in [5.74, 6) is -1.02. The SMILES string of the molecule is O=C(NS(=O)(=O)c1cccc2ccccc12)C1CCc2c(Cl)cccc21. The summed E-state index contributed by atoms with van der Waals surface area (Å²) in [7, 11) is -3.97. The van der Waals surface area contributed by atoms with Crippen molar-refractivity contribution in [2.75, 3.05) is 0 Å². The van der Waals surface area contributed by atoms with Gasteiger partial charge >= 0.3 is 0 Å². The van der Waals surface area contributed by atoms with E-state index in [0.29, 0.717) is 23.3 Å². The second kappa shape index (κ2) is 6.41. The Morgan fingerprint density at radius 2 is 1.73 bits per heavy atom. The molecule has 0 spiro atoms. The van der Waals surface area contributed by atoms with Crippen molar-refractivity contribution in [2.24, 2.45) is 0 Å². The van der Waals surface area contributed by atoms with Crippen molar-refractivity contribution < 1.29 is 13.2 Å². The molecule has 1 unspecified atom stereocenters. The summed E-state index contributed by atoms with van der Waals surface area (Å²) in [5.41, 5.74) is 1.74. The van der Waals surface area contributed by atoms with Gasteiger partial charge in [-0.15, -0.1) is 0 Å². The van der Waals surface area contributed by atoms with Crippen LogP contribution in [0.15, 0.2) is 65.6 Å². The van der Waals surface area contributed by atoms with E-state index in [4.69, 9.17) is 11.6 Å². The van der Waals surface area contributed by atoms with Gasteiger partial charge < -0.3 is 0 Å². The number of amides is 1. The topological polar surface area (TPSA) is 63.2 Å². The molecule has 0 saturated carbocycles. The lowest BCUT2D eigenvalue weighted by Gasteiger charge is -2.14. The van der Waals surface area contributed by atoms with Crippen LogP contribution in [0.4, 0.5) is 0 Å². The van der Waals surface area contributed by atoms with Gasteiger partial charge in [0.25, 0.3) is 10.0 Å². The van der Waals surface area contributed by atoms with E-state index in [1.807, 2.05) is 24.3 Å². The number of sulfonamides is 1. The van der Waals surface area contributed by atoms with Gasteiger partial charge in [0, 0.05) is 10.4 Å². The van der Waals surface area contributed by atoms with Crippen molar-refractivity contribution in [3.63, 3.8) is 0 Å². The van der Waals surface area contributed by atoms with Gasteiger partial charge in [-0.2, -0.15) is 0 Å². The Labute approximate surface area is 156 Å². The molecule has 1 atom stereocenters. The molecule has 0 saturated heterocycles. The summed E-state index contributed by atoms with van der Waals surface area (Å²) in [5, 5.41) is 2.01. The van der Waals surface area contributed by atoms with Gasteiger partial charge in [-0.25, -0.2) is 13.1 Å². The fraction of sp³-hybridized carbons (Fsp3) is 0.150. The smallest absolute Gasteiger partial charge is 0.264 e. The summed E-state index contributed by atoms with van der Waals surface area (Å²) in [6.45, 7) is 0. The average Bonchev–Trinajstić information content (AvgIpc) is 3.06. The summed E-state index contributed by atoms with van der Waals surface area (Å²) < 4.78 is 27.9. The lowest BCUT2D eigenvalue weighted by molar-refractivity contribution is -0.120. The highest BCUT2D eigenvalue weighted by Crippen LogP contribution is 2.37. The first-order chi connectivity index (χ1) is 12.5. The highest BCUT2D eigenvalue weighted by molar-refractivity contribution is 7.90. The normalized spacial score (nSPS) is 16.4. The molecule has 0 radical (unpaired) electrons. The monoisotopic (exact) mass is 385 g/mol. The zero-order valence-corrected chi connectivity index (χ0v) is 15.3. The van der Waals surface area contributed by atoms with Gasteiger partial charge in [-0.3, -0.25) is 4.79 Å². The number of carbonyl (C=O) groups excluding carboxylic acids is 1. The standard InChI is InChI=1S/C20H16ClNO3S/c21-18-9-4-8-15-16(18)11-12-17(15)20(23)22-26(24,25)19-10-3-6-13-5-1-2-7-14(13)19/h1-10,17H,11-12H2,(H,22,23). The first-order valence-corrected chi connectivity index (χ1v) is 10.2. The van der Waals surface area contributed by atoms with Crippen LogP contribution in [0.1, 0.15) is 23.5 Å². The van der Waals surface area contributed by atoms with Crippen molar-refractivity contribution in [1.29, 1.82) is 0 Å². The highest BCUT2D eigenvalue weighted by Gasteiger charge is 2.32. The third-order valence-electron chi connectivity index (χ3n) is 4.80. The molecule has 4 nitrogen and oxygen atoms in total. The van der Waals surface area contributed by atoms with E-state index < -0.39 is 21.8 Å². The number of benzene rings is 3. The molecule has 132 valence electrons. The molecule has 26 heavy (non-hydrogen) atoms. The predicted molar refractivity (Wildman–Crippen MR) is 102 cm³/mol. The van der Waals surface area contributed by atoms with Crippen LogP contribution in [-0.2, 0) is 21.2 Å². The first kappa shape index (κ1) is 17.1. The first-order valence-electron chi connectivity index (χ1n) is 8.29. The van der Waals surface area contributed by atoms with Crippen molar-refractivity contribution in [3.8, 4) is 0 Å².